The maximum Gasteiger partial charge on any atom is 0.0597 e. The van der Waals surface area contributed by atoms with Crippen LogP contribution in [0.2, 0.25) is 0 Å². The Morgan fingerprint density at radius 1 is 1.05 bits per heavy atom. The van der Waals surface area contributed by atoms with Gasteiger partial charge in [-0.05, 0) is 37.5 Å². The van der Waals surface area contributed by atoms with Gasteiger partial charge in [-0.25, -0.2) is 0 Å². The Morgan fingerprint density at radius 3 is 2.37 bits per heavy atom. The van der Waals surface area contributed by atoms with Crippen LogP contribution in [0.3, 0.4) is 0 Å². The molecule has 0 fully saturated rings. The zero-order chi connectivity index (χ0) is 13.7. The van der Waals surface area contributed by atoms with Gasteiger partial charge in [0.1, 0.15) is 0 Å². The van der Waals surface area contributed by atoms with Crippen LogP contribution >= 0.6 is 0 Å². The van der Waals surface area contributed by atoms with Gasteiger partial charge in [0.05, 0.1) is 11.4 Å². The lowest BCUT2D eigenvalue weighted by Crippen LogP contribution is -2.16. The van der Waals surface area contributed by atoms with Crippen molar-refractivity contribution < 1.29 is 0 Å². The number of rotatable bonds is 6. The molecule has 1 N–H and O–H groups in total. The normalized spacial score (nSPS) is 10.9. The molecule has 1 aromatic heterocycles. The summed E-state index contributed by atoms with van der Waals surface area (Å²) in [5.74, 6) is 0. The fourth-order valence-electron chi connectivity index (χ4n) is 2.24. The summed E-state index contributed by atoms with van der Waals surface area (Å²) in [6.45, 7) is 9.04. The molecule has 0 atom stereocenters. The van der Waals surface area contributed by atoms with E-state index in [9.17, 15) is 0 Å². The lowest BCUT2D eigenvalue weighted by Gasteiger charge is -2.07. The van der Waals surface area contributed by atoms with Crippen molar-refractivity contribution in [1.29, 1.82) is 0 Å². The molecule has 2 aromatic rings. The highest BCUT2D eigenvalue weighted by Gasteiger charge is 2.03. The first-order valence-electron chi connectivity index (χ1n) is 7.04. The molecule has 0 aliphatic carbocycles. The number of aromatic nitrogens is 2. The standard InChI is InChI=1S/C16H23N3/c1-4-14-6-8-15(9-7-14)11-17-12-16-10-13(3)18-19(16)5-2/h6-10,17H,4-5,11-12H2,1-3H3. The summed E-state index contributed by atoms with van der Waals surface area (Å²) in [6, 6.07) is 11.0. The quantitative estimate of drug-likeness (QED) is 0.862. The van der Waals surface area contributed by atoms with Crippen molar-refractivity contribution in [2.45, 2.75) is 46.8 Å². The molecule has 0 unspecified atom stereocenters. The molecule has 3 heteroatoms. The minimum Gasteiger partial charge on any atom is -0.307 e. The van der Waals surface area contributed by atoms with E-state index < -0.39 is 0 Å². The zero-order valence-corrected chi connectivity index (χ0v) is 12.1. The largest absolute Gasteiger partial charge is 0.307 e. The van der Waals surface area contributed by atoms with Gasteiger partial charge in [-0.1, -0.05) is 31.2 Å². The van der Waals surface area contributed by atoms with E-state index in [1.54, 1.807) is 0 Å². The predicted octanol–water partition coefficient (Wildman–Crippen LogP) is 3.06. The second-order valence-corrected chi connectivity index (χ2v) is 4.87. The third kappa shape index (κ3) is 3.67. The van der Waals surface area contributed by atoms with Crippen LogP contribution in [0.15, 0.2) is 30.3 Å². The molecule has 102 valence electrons. The first-order chi connectivity index (χ1) is 9.22. The lowest BCUT2D eigenvalue weighted by molar-refractivity contribution is 0.579. The van der Waals surface area contributed by atoms with Gasteiger partial charge in [0.2, 0.25) is 0 Å². The van der Waals surface area contributed by atoms with Gasteiger partial charge in [-0.15, -0.1) is 0 Å². The van der Waals surface area contributed by atoms with Crippen molar-refractivity contribution in [1.82, 2.24) is 15.1 Å². The van der Waals surface area contributed by atoms with E-state index in [4.69, 9.17) is 0 Å². The zero-order valence-electron chi connectivity index (χ0n) is 12.1. The number of aryl methyl sites for hydroxylation is 3. The predicted molar refractivity (Wildman–Crippen MR) is 79.0 cm³/mol. The second-order valence-electron chi connectivity index (χ2n) is 4.87. The van der Waals surface area contributed by atoms with Crippen molar-refractivity contribution in [3.63, 3.8) is 0 Å². The van der Waals surface area contributed by atoms with Gasteiger partial charge in [0, 0.05) is 19.6 Å². The topological polar surface area (TPSA) is 29.9 Å². The van der Waals surface area contributed by atoms with E-state index in [0.29, 0.717) is 0 Å². The van der Waals surface area contributed by atoms with E-state index >= 15 is 0 Å². The Hall–Kier alpha value is -1.61. The first-order valence-corrected chi connectivity index (χ1v) is 7.04. The maximum atomic E-state index is 4.45. The summed E-state index contributed by atoms with van der Waals surface area (Å²) >= 11 is 0. The average molecular weight is 257 g/mol. The van der Waals surface area contributed by atoms with Crippen molar-refractivity contribution in [2.75, 3.05) is 0 Å². The maximum absolute atomic E-state index is 4.45. The van der Waals surface area contributed by atoms with Crippen LogP contribution < -0.4 is 5.32 Å². The molecule has 1 aromatic carbocycles. The van der Waals surface area contributed by atoms with Crippen LogP contribution in [0.4, 0.5) is 0 Å². The van der Waals surface area contributed by atoms with Gasteiger partial charge >= 0.3 is 0 Å². The highest BCUT2D eigenvalue weighted by atomic mass is 15.3. The molecule has 0 bridgehead atoms. The SMILES string of the molecule is CCc1ccc(CNCc2cc(C)nn2CC)cc1. The van der Waals surface area contributed by atoms with Gasteiger partial charge in [0.15, 0.2) is 0 Å². The van der Waals surface area contributed by atoms with Crippen LogP contribution in [0.1, 0.15) is 36.4 Å². The molecular weight excluding hydrogens is 234 g/mol. The minimum atomic E-state index is 0.865. The first kappa shape index (κ1) is 13.8. The number of nitrogens with zero attached hydrogens (tertiary/aromatic N) is 2. The van der Waals surface area contributed by atoms with Crippen molar-refractivity contribution in [3.05, 3.63) is 52.8 Å². The molecule has 0 amide bonds. The Kier molecular flexibility index (Phi) is 4.74. The number of benzene rings is 1. The summed E-state index contributed by atoms with van der Waals surface area (Å²) in [4.78, 5) is 0. The fraction of sp³-hybridized carbons (Fsp3) is 0.438. The highest BCUT2D eigenvalue weighted by Crippen LogP contribution is 2.06. The summed E-state index contributed by atoms with van der Waals surface area (Å²) in [5.41, 5.74) is 5.07. The molecule has 0 aliphatic rings. The van der Waals surface area contributed by atoms with Gasteiger partial charge in [-0.2, -0.15) is 5.10 Å². The van der Waals surface area contributed by atoms with E-state index in [-0.39, 0.29) is 0 Å². The molecule has 1 heterocycles. The molecule has 0 saturated heterocycles. The average Bonchev–Trinajstić information content (AvgIpc) is 2.80. The molecule has 2 rings (SSSR count). The minimum absolute atomic E-state index is 0.865. The number of hydrogen-bond acceptors (Lipinski definition) is 2. The summed E-state index contributed by atoms with van der Waals surface area (Å²) < 4.78 is 2.06. The molecular formula is C16H23N3. The molecule has 0 radical (unpaired) electrons. The monoisotopic (exact) mass is 257 g/mol. The van der Waals surface area contributed by atoms with Gasteiger partial charge < -0.3 is 5.32 Å². The van der Waals surface area contributed by atoms with E-state index in [1.165, 1.54) is 16.8 Å². The fourth-order valence-corrected chi connectivity index (χ4v) is 2.24. The van der Waals surface area contributed by atoms with Crippen LogP contribution in [-0.2, 0) is 26.1 Å². The smallest absolute Gasteiger partial charge is 0.0597 e. The lowest BCUT2D eigenvalue weighted by atomic mass is 10.1. The summed E-state index contributed by atoms with van der Waals surface area (Å²) in [5, 5.41) is 7.94. The highest BCUT2D eigenvalue weighted by molar-refractivity contribution is 5.22. The molecule has 3 nitrogen and oxygen atoms in total. The van der Waals surface area contributed by atoms with Gasteiger partial charge in [-0.3, -0.25) is 4.68 Å². The third-order valence-corrected chi connectivity index (χ3v) is 3.35. The molecule has 0 aliphatic heterocycles. The van der Waals surface area contributed by atoms with Crippen LogP contribution in [-0.4, -0.2) is 9.78 Å². The third-order valence-electron chi connectivity index (χ3n) is 3.35. The molecule has 0 saturated carbocycles. The van der Waals surface area contributed by atoms with Crippen LogP contribution in [0.25, 0.3) is 0 Å². The van der Waals surface area contributed by atoms with Crippen molar-refractivity contribution in [2.24, 2.45) is 0 Å². The Balaban J connectivity index is 1.88. The van der Waals surface area contributed by atoms with E-state index in [1.807, 2.05) is 6.92 Å². The van der Waals surface area contributed by atoms with Gasteiger partial charge in [0.25, 0.3) is 0 Å². The number of hydrogen-bond donors (Lipinski definition) is 1. The summed E-state index contributed by atoms with van der Waals surface area (Å²) in [7, 11) is 0. The van der Waals surface area contributed by atoms with E-state index in [2.05, 4.69) is 59.3 Å². The van der Waals surface area contributed by atoms with Crippen molar-refractivity contribution in [3.8, 4) is 0 Å². The number of nitrogens with one attached hydrogen (secondary N) is 1. The summed E-state index contributed by atoms with van der Waals surface area (Å²) in [6.07, 6.45) is 1.10. The molecule has 0 spiro atoms. The second kappa shape index (κ2) is 6.53. The van der Waals surface area contributed by atoms with Crippen molar-refractivity contribution >= 4 is 0 Å². The van der Waals surface area contributed by atoms with E-state index in [0.717, 1.165) is 31.7 Å². The molecule has 19 heavy (non-hydrogen) atoms. The Bertz CT molecular complexity index is 511. The van der Waals surface area contributed by atoms with Crippen LogP contribution in [0, 0.1) is 6.92 Å². The Morgan fingerprint density at radius 2 is 1.74 bits per heavy atom. The Labute approximate surface area is 115 Å². The van der Waals surface area contributed by atoms with Crippen LogP contribution in [0.5, 0.6) is 0 Å².